The first kappa shape index (κ1) is 11.8. The third kappa shape index (κ3) is 1.84. The van der Waals surface area contributed by atoms with Gasteiger partial charge in [0.1, 0.15) is 12.0 Å². The van der Waals surface area contributed by atoms with Crippen LogP contribution in [0, 0.1) is 11.3 Å². The molecular weight excluding hydrogens is 224 g/mol. The van der Waals surface area contributed by atoms with Crippen LogP contribution in [0.3, 0.4) is 0 Å². The fraction of sp³-hybridized carbons (Fsp3) is 0.562. The Labute approximate surface area is 108 Å². The Kier molecular flexibility index (Phi) is 2.69. The average Bonchev–Trinajstić information content (AvgIpc) is 2.38. The van der Waals surface area contributed by atoms with Crippen LogP contribution in [0.4, 0.5) is 0 Å². The minimum Gasteiger partial charge on any atom is -0.508 e. The van der Waals surface area contributed by atoms with Crippen molar-refractivity contribution in [1.29, 1.82) is 0 Å². The molecule has 2 aliphatic carbocycles. The normalized spacial score (nSPS) is 34.5. The van der Waals surface area contributed by atoms with E-state index in [0.717, 1.165) is 38.4 Å². The van der Waals surface area contributed by atoms with Gasteiger partial charge in [-0.05, 0) is 67.2 Å². The molecule has 0 heterocycles. The van der Waals surface area contributed by atoms with E-state index >= 15 is 0 Å². The van der Waals surface area contributed by atoms with Crippen molar-refractivity contribution in [3.05, 3.63) is 29.3 Å². The molecular formula is C16H20O2. The van der Waals surface area contributed by atoms with Gasteiger partial charge in [-0.2, -0.15) is 0 Å². The Morgan fingerprint density at radius 3 is 3.00 bits per heavy atom. The highest BCUT2D eigenvalue weighted by atomic mass is 16.3. The summed E-state index contributed by atoms with van der Waals surface area (Å²) in [7, 11) is 0. The molecule has 0 bridgehead atoms. The predicted octanol–water partition coefficient (Wildman–Crippen LogP) is 3.43. The summed E-state index contributed by atoms with van der Waals surface area (Å²) in [6.07, 6.45) is 6.50. The molecule has 0 unspecified atom stereocenters. The van der Waals surface area contributed by atoms with Crippen molar-refractivity contribution in [3.63, 3.8) is 0 Å². The summed E-state index contributed by atoms with van der Waals surface area (Å²) in [5.41, 5.74) is 2.62. The van der Waals surface area contributed by atoms with Gasteiger partial charge >= 0.3 is 0 Å². The van der Waals surface area contributed by atoms with Crippen LogP contribution in [0.5, 0.6) is 5.75 Å². The molecule has 1 N–H and O–H groups in total. The van der Waals surface area contributed by atoms with E-state index in [1.807, 2.05) is 6.07 Å². The lowest BCUT2D eigenvalue weighted by molar-refractivity contribution is -0.118. The van der Waals surface area contributed by atoms with Crippen molar-refractivity contribution >= 4 is 6.29 Å². The molecule has 1 saturated carbocycles. The van der Waals surface area contributed by atoms with Crippen molar-refractivity contribution in [1.82, 2.24) is 0 Å². The average molecular weight is 244 g/mol. The maximum absolute atomic E-state index is 11.2. The molecule has 3 rings (SSSR count). The first-order valence-corrected chi connectivity index (χ1v) is 6.89. The standard InChI is InChI=1S/C16H20O2/c1-16(10-17)7-6-15-12(9-16)3-2-11-8-13(18)4-5-14(11)15/h4-5,8,10,12,15,18H,2-3,6-7,9H2,1H3/t12-,15-,16-/m0/s1. The number of carbonyl (C=O) groups excluding carboxylic acids is 1. The van der Waals surface area contributed by atoms with Gasteiger partial charge in [-0.3, -0.25) is 0 Å². The molecule has 0 aliphatic heterocycles. The van der Waals surface area contributed by atoms with E-state index in [0.29, 0.717) is 17.6 Å². The molecule has 2 nitrogen and oxygen atoms in total. The minimum absolute atomic E-state index is 0.102. The molecule has 18 heavy (non-hydrogen) atoms. The lowest BCUT2D eigenvalue weighted by Gasteiger charge is -2.43. The lowest BCUT2D eigenvalue weighted by atomic mass is 9.61. The van der Waals surface area contributed by atoms with E-state index in [2.05, 4.69) is 13.0 Å². The van der Waals surface area contributed by atoms with Gasteiger partial charge in [0.05, 0.1) is 0 Å². The van der Waals surface area contributed by atoms with Crippen LogP contribution in [-0.2, 0) is 11.2 Å². The Morgan fingerprint density at radius 2 is 2.22 bits per heavy atom. The summed E-state index contributed by atoms with van der Waals surface area (Å²) in [5.74, 6) is 1.62. The van der Waals surface area contributed by atoms with Gasteiger partial charge < -0.3 is 9.90 Å². The van der Waals surface area contributed by atoms with Crippen molar-refractivity contribution < 1.29 is 9.90 Å². The zero-order chi connectivity index (χ0) is 12.8. The van der Waals surface area contributed by atoms with E-state index in [-0.39, 0.29) is 5.41 Å². The van der Waals surface area contributed by atoms with E-state index in [1.54, 1.807) is 6.07 Å². The van der Waals surface area contributed by atoms with Gasteiger partial charge in [-0.15, -0.1) is 0 Å². The molecule has 0 saturated heterocycles. The van der Waals surface area contributed by atoms with Crippen LogP contribution in [0.15, 0.2) is 18.2 Å². The molecule has 1 aromatic carbocycles. The highest BCUT2D eigenvalue weighted by Gasteiger charge is 2.40. The molecule has 0 radical (unpaired) electrons. The van der Waals surface area contributed by atoms with Crippen molar-refractivity contribution in [3.8, 4) is 5.75 Å². The number of phenols is 1. The number of rotatable bonds is 1. The van der Waals surface area contributed by atoms with Gasteiger partial charge in [0.2, 0.25) is 0 Å². The van der Waals surface area contributed by atoms with Gasteiger partial charge in [-0.1, -0.05) is 13.0 Å². The van der Waals surface area contributed by atoms with Gasteiger partial charge in [-0.25, -0.2) is 0 Å². The molecule has 1 aromatic rings. The van der Waals surface area contributed by atoms with Crippen molar-refractivity contribution in [2.24, 2.45) is 11.3 Å². The number of benzene rings is 1. The van der Waals surface area contributed by atoms with Gasteiger partial charge in [0.25, 0.3) is 0 Å². The minimum atomic E-state index is -0.102. The molecule has 96 valence electrons. The smallest absolute Gasteiger partial charge is 0.125 e. The lowest BCUT2D eigenvalue weighted by Crippen LogP contribution is -2.34. The van der Waals surface area contributed by atoms with E-state index in [4.69, 9.17) is 0 Å². The molecule has 2 aliphatic rings. The SMILES string of the molecule is C[C@]1(C=O)CC[C@@H]2c3ccc(O)cc3CC[C@H]2C1. The zero-order valence-electron chi connectivity index (χ0n) is 10.9. The summed E-state index contributed by atoms with van der Waals surface area (Å²) < 4.78 is 0. The van der Waals surface area contributed by atoms with Crippen LogP contribution >= 0.6 is 0 Å². The van der Waals surface area contributed by atoms with Crippen LogP contribution in [0.25, 0.3) is 0 Å². The summed E-state index contributed by atoms with van der Waals surface area (Å²) in [6.45, 7) is 2.10. The summed E-state index contributed by atoms with van der Waals surface area (Å²) in [4.78, 5) is 11.2. The maximum atomic E-state index is 11.2. The number of hydrogen-bond donors (Lipinski definition) is 1. The Bertz CT molecular complexity index is 480. The first-order chi connectivity index (χ1) is 8.61. The van der Waals surface area contributed by atoms with E-state index in [9.17, 15) is 9.90 Å². The largest absolute Gasteiger partial charge is 0.508 e. The first-order valence-electron chi connectivity index (χ1n) is 6.89. The topological polar surface area (TPSA) is 37.3 Å². The van der Waals surface area contributed by atoms with E-state index in [1.165, 1.54) is 11.1 Å². The molecule has 2 heteroatoms. The monoisotopic (exact) mass is 244 g/mol. The fourth-order valence-corrected chi connectivity index (χ4v) is 3.90. The second kappa shape index (κ2) is 4.11. The Morgan fingerprint density at radius 1 is 1.39 bits per heavy atom. The third-order valence-corrected chi connectivity index (χ3v) is 4.92. The van der Waals surface area contributed by atoms with Gasteiger partial charge in [0, 0.05) is 5.41 Å². The highest BCUT2D eigenvalue weighted by molar-refractivity contribution is 5.59. The number of fused-ring (bicyclic) bond motifs is 3. The highest BCUT2D eigenvalue weighted by Crippen LogP contribution is 2.50. The Hall–Kier alpha value is -1.31. The van der Waals surface area contributed by atoms with Crippen LogP contribution in [0.2, 0.25) is 0 Å². The van der Waals surface area contributed by atoms with Crippen LogP contribution in [-0.4, -0.2) is 11.4 Å². The number of aryl methyl sites for hydroxylation is 1. The maximum Gasteiger partial charge on any atom is 0.125 e. The summed E-state index contributed by atoms with van der Waals surface area (Å²) >= 11 is 0. The second-order valence-corrected chi connectivity index (χ2v) is 6.30. The molecule has 1 fully saturated rings. The molecule has 0 amide bonds. The third-order valence-electron chi connectivity index (χ3n) is 4.92. The molecule has 0 aromatic heterocycles. The van der Waals surface area contributed by atoms with Crippen LogP contribution < -0.4 is 0 Å². The van der Waals surface area contributed by atoms with Crippen LogP contribution in [0.1, 0.15) is 49.7 Å². The predicted molar refractivity (Wildman–Crippen MR) is 70.7 cm³/mol. The summed E-state index contributed by atoms with van der Waals surface area (Å²) in [5, 5.41) is 9.56. The summed E-state index contributed by atoms with van der Waals surface area (Å²) in [6, 6.07) is 5.80. The fourth-order valence-electron chi connectivity index (χ4n) is 3.90. The van der Waals surface area contributed by atoms with Gasteiger partial charge in [0.15, 0.2) is 0 Å². The number of aldehydes is 1. The number of phenolic OH excluding ortho intramolecular Hbond substituents is 1. The number of hydrogen-bond acceptors (Lipinski definition) is 2. The van der Waals surface area contributed by atoms with Crippen molar-refractivity contribution in [2.45, 2.75) is 44.9 Å². The molecule has 3 atom stereocenters. The number of carbonyl (C=O) groups is 1. The quantitative estimate of drug-likeness (QED) is 0.768. The van der Waals surface area contributed by atoms with E-state index < -0.39 is 0 Å². The van der Waals surface area contributed by atoms with Crippen molar-refractivity contribution in [2.75, 3.05) is 0 Å². The second-order valence-electron chi connectivity index (χ2n) is 6.30. The zero-order valence-corrected chi connectivity index (χ0v) is 10.9. The number of aromatic hydroxyl groups is 1. The molecule has 0 spiro atoms. The Balaban J connectivity index is 1.91.